The summed E-state index contributed by atoms with van der Waals surface area (Å²) in [7, 11) is 1.33. The summed E-state index contributed by atoms with van der Waals surface area (Å²) in [5.41, 5.74) is 0.651. The molecule has 0 radical (unpaired) electrons. The van der Waals surface area contributed by atoms with Crippen molar-refractivity contribution in [1.82, 2.24) is 5.32 Å². The largest absolute Gasteiger partial charge is 0.469 e. The molecule has 118 valence electrons. The van der Waals surface area contributed by atoms with Crippen molar-refractivity contribution in [3.8, 4) is 0 Å². The van der Waals surface area contributed by atoms with Gasteiger partial charge in [-0.3, -0.25) is 9.59 Å². The number of methoxy groups -OCH3 is 1. The van der Waals surface area contributed by atoms with Crippen LogP contribution in [-0.4, -0.2) is 19.0 Å². The molecule has 0 saturated heterocycles. The second-order valence-electron chi connectivity index (χ2n) is 4.97. The number of para-hydroxylation sites is 1. The molecule has 1 N–H and O–H groups in total. The van der Waals surface area contributed by atoms with Gasteiger partial charge in [0.05, 0.1) is 19.6 Å². The van der Waals surface area contributed by atoms with Crippen molar-refractivity contribution < 1.29 is 18.7 Å². The van der Waals surface area contributed by atoms with E-state index < -0.39 is 6.04 Å². The van der Waals surface area contributed by atoms with Gasteiger partial charge in [0.15, 0.2) is 5.76 Å². The molecule has 0 aliphatic rings. The standard InChI is InChI=1S/C17H15NO4S/c1-21-16(19)10-12(15-7-4-8-23-15)18-17(20)14-9-11-5-2-3-6-13(11)22-14/h2-9,12H,10H2,1H3,(H,18,20). The average molecular weight is 329 g/mol. The van der Waals surface area contributed by atoms with Crippen molar-refractivity contribution in [1.29, 1.82) is 0 Å². The summed E-state index contributed by atoms with van der Waals surface area (Å²) in [5, 5.41) is 5.59. The lowest BCUT2D eigenvalue weighted by atomic mass is 10.1. The number of nitrogens with one attached hydrogen (secondary N) is 1. The van der Waals surface area contributed by atoms with E-state index in [1.54, 1.807) is 12.1 Å². The fourth-order valence-corrected chi connectivity index (χ4v) is 3.06. The van der Waals surface area contributed by atoms with E-state index in [9.17, 15) is 9.59 Å². The molecule has 1 atom stereocenters. The van der Waals surface area contributed by atoms with Crippen molar-refractivity contribution in [2.45, 2.75) is 12.5 Å². The van der Waals surface area contributed by atoms with Gasteiger partial charge in [-0.05, 0) is 23.6 Å². The highest BCUT2D eigenvalue weighted by Crippen LogP contribution is 2.24. The monoisotopic (exact) mass is 329 g/mol. The number of ether oxygens (including phenoxy) is 1. The number of amides is 1. The smallest absolute Gasteiger partial charge is 0.307 e. The summed E-state index contributed by atoms with van der Waals surface area (Å²) in [5.74, 6) is -0.519. The first-order valence-corrected chi connectivity index (χ1v) is 7.95. The molecule has 6 heteroatoms. The van der Waals surface area contributed by atoms with Gasteiger partial charge in [-0.2, -0.15) is 0 Å². The topological polar surface area (TPSA) is 68.5 Å². The molecular weight excluding hydrogens is 314 g/mol. The van der Waals surface area contributed by atoms with Crippen LogP contribution in [0.3, 0.4) is 0 Å². The predicted octanol–water partition coefficient (Wildman–Crippen LogP) is 3.53. The molecule has 5 nitrogen and oxygen atoms in total. The molecule has 2 aromatic heterocycles. The highest BCUT2D eigenvalue weighted by atomic mass is 32.1. The van der Waals surface area contributed by atoms with E-state index in [4.69, 9.17) is 9.15 Å². The zero-order chi connectivity index (χ0) is 16.2. The van der Waals surface area contributed by atoms with Gasteiger partial charge in [-0.1, -0.05) is 24.3 Å². The normalized spacial score (nSPS) is 12.0. The van der Waals surface area contributed by atoms with Crippen LogP contribution in [-0.2, 0) is 9.53 Å². The Kier molecular flexibility index (Phi) is 4.43. The number of esters is 1. The van der Waals surface area contributed by atoms with Gasteiger partial charge in [0.25, 0.3) is 5.91 Å². The van der Waals surface area contributed by atoms with Crippen LogP contribution >= 0.6 is 11.3 Å². The van der Waals surface area contributed by atoms with Gasteiger partial charge in [0.2, 0.25) is 0 Å². The lowest BCUT2D eigenvalue weighted by Gasteiger charge is -2.15. The number of hydrogen-bond acceptors (Lipinski definition) is 5. The van der Waals surface area contributed by atoms with Crippen molar-refractivity contribution in [2.24, 2.45) is 0 Å². The molecule has 0 aliphatic heterocycles. The summed E-state index contributed by atoms with van der Waals surface area (Å²) in [6, 6.07) is 12.4. The second kappa shape index (κ2) is 6.66. The van der Waals surface area contributed by atoms with Crippen LogP contribution in [0.2, 0.25) is 0 Å². The number of hydrogen-bond donors (Lipinski definition) is 1. The molecule has 0 fully saturated rings. The Morgan fingerprint density at radius 1 is 1.26 bits per heavy atom. The molecule has 0 aliphatic carbocycles. The number of benzene rings is 1. The SMILES string of the molecule is COC(=O)CC(NC(=O)c1cc2ccccc2o1)c1cccs1. The predicted molar refractivity (Wildman–Crippen MR) is 87.4 cm³/mol. The fourth-order valence-electron chi connectivity index (χ4n) is 2.29. The van der Waals surface area contributed by atoms with Crippen LogP contribution in [0.15, 0.2) is 52.3 Å². The summed E-state index contributed by atoms with van der Waals surface area (Å²) >= 11 is 1.47. The Bertz CT molecular complexity index is 789. The van der Waals surface area contributed by atoms with E-state index in [-0.39, 0.29) is 24.1 Å². The third-order valence-corrected chi connectivity index (χ3v) is 4.43. The second-order valence-corrected chi connectivity index (χ2v) is 5.95. The molecule has 3 rings (SSSR count). The first-order chi connectivity index (χ1) is 11.2. The van der Waals surface area contributed by atoms with Gasteiger partial charge in [-0.25, -0.2) is 0 Å². The quantitative estimate of drug-likeness (QED) is 0.727. The molecule has 1 aromatic carbocycles. The summed E-state index contributed by atoms with van der Waals surface area (Å²) in [4.78, 5) is 24.9. The summed E-state index contributed by atoms with van der Waals surface area (Å²) < 4.78 is 10.3. The fraction of sp³-hybridized carbons (Fsp3) is 0.176. The maximum Gasteiger partial charge on any atom is 0.307 e. The van der Waals surface area contributed by atoms with Crippen molar-refractivity contribution >= 4 is 34.2 Å². The minimum atomic E-state index is -0.442. The Balaban J connectivity index is 1.81. The van der Waals surface area contributed by atoms with Crippen LogP contribution < -0.4 is 5.32 Å². The van der Waals surface area contributed by atoms with Crippen LogP contribution in [0.5, 0.6) is 0 Å². The van der Waals surface area contributed by atoms with E-state index in [1.165, 1.54) is 18.4 Å². The van der Waals surface area contributed by atoms with Crippen LogP contribution in [0, 0.1) is 0 Å². The van der Waals surface area contributed by atoms with Gasteiger partial charge in [0, 0.05) is 10.3 Å². The van der Waals surface area contributed by atoms with Gasteiger partial charge >= 0.3 is 5.97 Å². The molecule has 23 heavy (non-hydrogen) atoms. The zero-order valence-electron chi connectivity index (χ0n) is 12.4. The highest BCUT2D eigenvalue weighted by Gasteiger charge is 2.22. The number of carbonyl (C=O) groups excluding carboxylic acids is 2. The summed E-state index contributed by atoms with van der Waals surface area (Å²) in [6.07, 6.45) is 0.0724. The number of fused-ring (bicyclic) bond motifs is 1. The van der Waals surface area contributed by atoms with Crippen LogP contribution in [0.1, 0.15) is 27.9 Å². The van der Waals surface area contributed by atoms with Gasteiger partial charge in [0.1, 0.15) is 5.58 Å². The van der Waals surface area contributed by atoms with Crippen molar-refractivity contribution in [2.75, 3.05) is 7.11 Å². The number of thiophene rings is 1. The average Bonchev–Trinajstić information content (AvgIpc) is 3.23. The zero-order valence-corrected chi connectivity index (χ0v) is 13.3. The van der Waals surface area contributed by atoms with Crippen LogP contribution in [0.25, 0.3) is 11.0 Å². The molecule has 1 unspecified atom stereocenters. The Morgan fingerprint density at radius 2 is 2.09 bits per heavy atom. The number of furan rings is 1. The van der Waals surface area contributed by atoms with Crippen LogP contribution in [0.4, 0.5) is 0 Å². The Labute approximate surface area is 136 Å². The first kappa shape index (κ1) is 15.3. The summed E-state index contributed by atoms with van der Waals surface area (Å²) in [6.45, 7) is 0. The lowest BCUT2D eigenvalue weighted by Crippen LogP contribution is -2.29. The van der Waals surface area contributed by atoms with E-state index >= 15 is 0 Å². The van der Waals surface area contributed by atoms with Crippen molar-refractivity contribution in [3.63, 3.8) is 0 Å². The molecule has 0 bridgehead atoms. The highest BCUT2D eigenvalue weighted by molar-refractivity contribution is 7.10. The van der Waals surface area contributed by atoms with Gasteiger partial charge in [-0.15, -0.1) is 11.3 Å². The molecule has 0 spiro atoms. The molecule has 1 amide bonds. The minimum Gasteiger partial charge on any atom is -0.469 e. The van der Waals surface area contributed by atoms with Crippen molar-refractivity contribution in [3.05, 3.63) is 58.5 Å². The maximum absolute atomic E-state index is 12.4. The molecular formula is C17H15NO4S. The Morgan fingerprint density at radius 3 is 2.78 bits per heavy atom. The molecule has 0 saturated carbocycles. The Hall–Kier alpha value is -2.60. The third kappa shape index (κ3) is 3.43. The molecule has 2 heterocycles. The number of rotatable bonds is 5. The van der Waals surface area contributed by atoms with E-state index in [1.807, 2.05) is 35.7 Å². The first-order valence-electron chi connectivity index (χ1n) is 7.07. The van der Waals surface area contributed by atoms with E-state index in [2.05, 4.69) is 5.32 Å². The molecule has 3 aromatic rings. The maximum atomic E-state index is 12.4. The lowest BCUT2D eigenvalue weighted by molar-refractivity contribution is -0.141. The van der Waals surface area contributed by atoms with Gasteiger partial charge < -0.3 is 14.5 Å². The minimum absolute atomic E-state index is 0.0724. The number of carbonyl (C=O) groups is 2. The van der Waals surface area contributed by atoms with E-state index in [0.717, 1.165) is 10.3 Å². The third-order valence-electron chi connectivity index (χ3n) is 3.44. The van der Waals surface area contributed by atoms with E-state index in [0.29, 0.717) is 5.58 Å².